The third kappa shape index (κ3) is 4.59. The lowest BCUT2D eigenvalue weighted by Crippen LogP contribution is -1.98. The van der Waals surface area contributed by atoms with Crippen molar-refractivity contribution in [3.63, 3.8) is 0 Å². The minimum Gasteiger partial charge on any atom is -0.493 e. The molecule has 2 nitrogen and oxygen atoms in total. The van der Waals surface area contributed by atoms with Crippen molar-refractivity contribution in [2.24, 2.45) is 0 Å². The Kier molecular flexibility index (Phi) is 6.95. The molecule has 118 valence electrons. The van der Waals surface area contributed by atoms with Crippen LogP contribution >= 0.6 is 0 Å². The minimum atomic E-state index is 0.721. The van der Waals surface area contributed by atoms with Crippen molar-refractivity contribution in [1.29, 1.82) is 0 Å². The number of carbonyl (C=O) groups excluding carboxylic acids is 1. The number of carbonyl (C=O) groups is 1. The van der Waals surface area contributed by atoms with Crippen molar-refractivity contribution in [2.75, 3.05) is 6.61 Å². The average molecular weight is 298 g/mol. The molecule has 2 heteroatoms. The Morgan fingerprint density at radius 2 is 1.55 bits per heavy atom. The number of benzene rings is 2. The topological polar surface area (TPSA) is 26.3 Å². The van der Waals surface area contributed by atoms with Crippen LogP contribution in [0.2, 0.25) is 0 Å². The first-order valence-corrected chi connectivity index (χ1v) is 8.46. The molecule has 0 radical (unpaired) electrons. The number of hydrogen-bond acceptors (Lipinski definition) is 2. The molecule has 0 saturated carbocycles. The first-order valence-electron chi connectivity index (χ1n) is 8.46. The quantitative estimate of drug-likeness (QED) is 0.410. The third-order valence-electron chi connectivity index (χ3n) is 4.05. The van der Waals surface area contributed by atoms with E-state index in [1.165, 1.54) is 38.5 Å². The van der Waals surface area contributed by atoms with Crippen molar-refractivity contribution in [3.8, 4) is 5.75 Å². The largest absolute Gasteiger partial charge is 0.493 e. The van der Waals surface area contributed by atoms with Gasteiger partial charge in [-0.1, -0.05) is 69.7 Å². The molecule has 0 aliphatic heterocycles. The van der Waals surface area contributed by atoms with E-state index >= 15 is 0 Å². The molecular weight excluding hydrogens is 272 g/mol. The summed E-state index contributed by atoms with van der Waals surface area (Å²) < 4.78 is 5.93. The zero-order chi connectivity index (χ0) is 15.6. The Labute approximate surface area is 133 Å². The van der Waals surface area contributed by atoms with Gasteiger partial charge in [0.15, 0.2) is 6.29 Å². The summed E-state index contributed by atoms with van der Waals surface area (Å²) in [6, 6.07) is 11.7. The fourth-order valence-electron chi connectivity index (χ4n) is 2.76. The number of unbranched alkanes of at least 4 members (excludes halogenated alkanes) is 6. The van der Waals surface area contributed by atoms with Crippen LogP contribution in [0.3, 0.4) is 0 Å². The van der Waals surface area contributed by atoms with Gasteiger partial charge in [-0.05, 0) is 23.9 Å². The normalized spacial score (nSPS) is 10.8. The van der Waals surface area contributed by atoms with Crippen molar-refractivity contribution >= 4 is 17.1 Å². The Morgan fingerprint density at radius 3 is 2.27 bits per heavy atom. The molecule has 0 unspecified atom stereocenters. The van der Waals surface area contributed by atoms with E-state index in [2.05, 4.69) is 6.92 Å². The van der Waals surface area contributed by atoms with E-state index in [9.17, 15) is 4.79 Å². The first kappa shape index (κ1) is 16.5. The number of fused-ring (bicyclic) bond motifs is 1. The van der Waals surface area contributed by atoms with Crippen LogP contribution in [-0.2, 0) is 0 Å². The van der Waals surface area contributed by atoms with Crippen LogP contribution in [0.4, 0.5) is 0 Å². The maximum Gasteiger partial charge on any atom is 0.150 e. The smallest absolute Gasteiger partial charge is 0.150 e. The summed E-state index contributed by atoms with van der Waals surface area (Å²) in [4.78, 5) is 11.1. The number of rotatable bonds is 10. The van der Waals surface area contributed by atoms with Gasteiger partial charge in [0.05, 0.1) is 6.61 Å². The van der Waals surface area contributed by atoms with Crippen LogP contribution in [-0.4, -0.2) is 12.9 Å². The number of ether oxygens (including phenoxy) is 1. The van der Waals surface area contributed by atoms with Gasteiger partial charge in [0.1, 0.15) is 5.75 Å². The second-order valence-electron chi connectivity index (χ2n) is 5.79. The molecule has 0 atom stereocenters. The first-order chi connectivity index (χ1) is 10.9. The molecule has 2 aromatic carbocycles. The lowest BCUT2D eigenvalue weighted by molar-refractivity contribution is 0.112. The van der Waals surface area contributed by atoms with Crippen molar-refractivity contribution in [2.45, 2.75) is 51.9 Å². The van der Waals surface area contributed by atoms with E-state index in [-0.39, 0.29) is 0 Å². The lowest BCUT2D eigenvalue weighted by Gasteiger charge is -2.10. The Bertz CT molecular complexity index is 589. The van der Waals surface area contributed by atoms with E-state index in [4.69, 9.17) is 4.74 Å². The van der Waals surface area contributed by atoms with Gasteiger partial charge < -0.3 is 4.74 Å². The van der Waals surface area contributed by atoms with Crippen LogP contribution in [0, 0.1) is 0 Å². The summed E-state index contributed by atoms with van der Waals surface area (Å²) in [7, 11) is 0. The third-order valence-corrected chi connectivity index (χ3v) is 4.05. The van der Waals surface area contributed by atoms with Gasteiger partial charge in [-0.2, -0.15) is 0 Å². The summed E-state index contributed by atoms with van der Waals surface area (Å²) in [5.74, 6) is 0.882. The van der Waals surface area contributed by atoms with Crippen LogP contribution in [0.5, 0.6) is 5.75 Å². The second kappa shape index (κ2) is 9.24. The summed E-state index contributed by atoms with van der Waals surface area (Å²) in [6.07, 6.45) is 9.87. The molecule has 0 aliphatic carbocycles. The highest BCUT2D eigenvalue weighted by atomic mass is 16.5. The Hall–Kier alpha value is -1.83. The van der Waals surface area contributed by atoms with Crippen LogP contribution in [0.1, 0.15) is 62.2 Å². The molecule has 0 fully saturated rings. The zero-order valence-electron chi connectivity index (χ0n) is 13.5. The minimum absolute atomic E-state index is 0.721. The summed E-state index contributed by atoms with van der Waals surface area (Å²) in [5, 5.41) is 1.99. The predicted molar refractivity (Wildman–Crippen MR) is 92.8 cm³/mol. The van der Waals surface area contributed by atoms with E-state index < -0.39 is 0 Å². The standard InChI is InChI=1S/C20H26O2/c1-2-3-4-5-6-7-10-15-22-20-14-13-17(16-21)18-11-8-9-12-19(18)20/h8-9,11-14,16H,2-7,10,15H2,1H3. The van der Waals surface area contributed by atoms with Crippen molar-refractivity contribution in [3.05, 3.63) is 42.0 Å². The molecule has 0 amide bonds. The molecule has 0 N–H and O–H groups in total. The molecule has 0 spiro atoms. The molecule has 22 heavy (non-hydrogen) atoms. The Balaban J connectivity index is 1.84. The summed E-state index contributed by atoms with van der Waals surface area (Å²) in [6.45, 7) is 2.99. The van der Waals surface area contributed by atoms with Gasteiger partial charge in [0.25, 0.3) is 0 Å². The van der Waals surface area contributed by atoms with E-state index in [1.807, 2.05) is 36.4 Å². The molecule has 2 aromatic rings. The predicted octanol–water partition coefficient (Wildman–Crippen LogP) is 5.78. The fraction of sp³-hybridized carbons (Fsp3) is 0.450. The second-order valence-corrected chi connectivity index (χ2v) is 5.79. The van der Waals surface area contributed by atoms with Crippen LogP contribution in [0.15, 0.2) is 36.4 Å². The zero-order valence-corrected chi connectivity index (χ0v) is 13.5. The monoisotopic (exact) mass is 298 g/mol. The van der Waals surface area contributed by atoms with Gasteiger partial charge in [-0.25, -0.2) is 0 Å². The van der Waals surface area contributed by atoms with E-state index in [0.29, 0.717) is 0 Å². The van der Waals surface area contributed by atoms with Crippen molar-refractivity contribution in [1.82, 2.24) is 0 Å². The molecule has 0 aliphatic rings. The highest BCUT2D eigenvalue weighted by molar-refractivity contribution is 6.00. The number of aldehydes is 1. The molecule has 0 bridgehead atoms. The van der Waals surface area contributed by atoms with Gasteiger partial charge in [0.2, 0.25) is 0 Å². The maximum atomic E-state index is 11.1. The fourth-order valence-corrected chi connectivity index (χ4v) is 2.76. The molecule has 2 rings (SSSR count). The highest BCUT2D eigenvalue weighted by Gasteiger charge is 2.05. The Morgan fingerprint density at radius 1 is 0.864 bits per heavy atom. The lowest BCUT2D eigenvalue weighted by atomic mass is 10.0. The maximum absolute atomic E-state index is 11.1. The van der Waals surface area contributed by atoms with E-state index in [0.717, 1.165) is 41.4 Å². The summed E-state index contributed by atoms with van der Waals surface area (Å²) in [5.41, 5.74) is 0.721. The summed E-state index contributed by atoms with van der Waals surface area (Å²) >= 11 is 0. The van der Waals surface area contributed by atoms with Gasteiger partial charge in [-0.15, -0.1) is 0 Å². The van der Waals surface area contributed by atoms with Gasteiger partial charge in [-0.3, -0.25) is 4.79 Å². The van der Waals surface area contributed by atoms with Crippen LogP contribution in [0.25, 0.3) is 10.8 Å². The van der Waals surface area contributed by atoms with E-state index in [1.54, 1.807) is 0 Å². The SMILES string of the molecule is CCCCCCCCCOc1ccc(C=O)c2ccccc12. The molecule has 0 saturated heterocycles. The van der Waals surface area contributed by atoms with Crippen LogP contribution < -0.4 is 4.74 Å². The highest BCUT2D eigenvalue weighted by Crippen LogP contribution is 2.28. The molecule has 0 heterocycles. The average Bonchev–Trinajstić information content (AvgIpc) is 2.57. The van der Waals surface area contributed by atoms with Gasteiger partial charge in [0, 0.05) is 10.9 Å². The van der Waals surface area contributed by atoms with Gasteiger partial charge >= 0.3 is 0 Å². The van der Waals surface area contributed by atoms with Crippen molar-refractivity contribution < 1.29 is 9.53 Å². The molecular formula is C20H26O2. The molecule has 0 aromatic heterocycles. The number of hydrogen-bond donors (Lipinski definition) is 0.